The van der Waals surface area contributed by atoms with Crippen molar-refractivity contribution in [3.63, 3.8) is 0 Å². The van der Waals surface area contributed by atoms with Crippen LogP contribution in [0, 0.1) is 11.6 Å². The highest BCUT2D eigenvalue weighted by atomic mass is 32.2. The Bertz CT molecular complexity index is 1140. The number of methoxy groups -OCH3 is 1. The molecular formula is C23H26F2N2O6S. The summed E-state index contributed by atoms with van der Waals surface area (Å²) in [5, 5.41) is 2.05. The second-order valence-electron chi connectivity index (χ2n) is 7.81. The average Bonchev–Trinajstić information content (AvgIpc) is 3.11. The van der Waals surface area contributed by atoms with Crippen molar-refractivity contribution in [1.29, 1.82) is 0 Å². The Hall–Kier alpha value is -3.05. The van der Waals surface area contributed by atoms with Crippen molar-refractivity contribution in [2.45, 2.75) is 43.6 Å². The predicted octanol–water partition coefficient (Wildman–Crippen LogP) is 3.72. The first-order valence-electron chi connectivity index (χ1n) is 10.8. The standard InChI is InChI=1S/C23H26F2N2O6S/c1-15(22(28)26-21-18(24)8-7-9-19(21)25)33-23(29)17-14-16(10-11-20(17)32-2)34(30,31)27-12-5-3-4-6-13-27/h7-11,14-15H,3-6,12-13H2,1-2H3,(H,26,28). The van der Waals surface area contributed by atoms with E-state index >= 15 is 0 Å². The molecule has 1 aliphatic rings. The van der Waals surface area contributed by atoms with Gasteiger partial charge in [0.1, 0.15) is 28.6 Å². The van der Waals surface area contributed by atoms with E-state index in [1.54, 1.807) is 0 Å². The van der Waals surface area contributed by atoms with Crippen LogP contribution < -0.4 is 10.1 Å². The number of para-hydroxylation sites is 1. The van der Waals surface area contributed by atoms with Crippen molar-refractivity contribution in [2.75, 3.05) is 25.5 Å². The fraction of sp³-hybridized carbons (Fsp3) is 0.391. The van der Waals surface area contributed by atoms with E-state index in [1.165, 1.54) is 30.5 Å². The summed E-state index contributed by atoms with van der Waals surface area (Å²) in [7, 11) is -2.56. The molecule has 2 aromatic carbocycles. The summed E-state index contributed by atoms with van der Waals surface area (Å²) < 4.78 is 65.5. The number of esters is 1. The van der Waals surface area contributed by atoms with Gasteiger partial charge in [0.05, 0.1) is 12.0 Å². The van der Waals surface area contributed by atoms with E-state index in [4.69, 9.17) is 9.47 Å². The fourth-order valence-corrected chi connectivity index (χ4v) is 5.10. The van der Waals surface area contributed by atoms with E-state index < -0.39 is 45.3 Å². The summed E-state index contributed by atoms with van der Waals surface area (Å²) in [5.74, 6) is -3.92. The molecule has 8 nitrogen and oxygen atoms in total. The maximum absolute atomic E-state index is 13.8. The third-order valence-electron chi connectivity index (χ3n) is 5.46. The quantitative estimate of drug-likeness (QED) is 0.587. The highest BCUT2D eigenvalue weighted by Crippen LogP contribution is 2.27. The molecule has 1 heterocycles. The van der Waals surface area contributed by atoms with Gasteiger partial charge in [-0.15, -0.1) is 0 Å². The summed E-state index contributed by atoms with van der Waals surface area (Å²) in [6, 6.07) is 6.89. The van der Waals surface area contributed by atoms with Crippen LogP contribution in [0.25, 0.3) is 0 Å². The first kappa shape index (κ1) is 25.6. The van der Waals surface area contributed by atoms with Crippen LogP contribution in [0.2, 0.25) is 0 Å². The van der Waals surface area contributed by atoms with Crippen molar-refractivity contribution >= 4 is 27.6 Å². The van der Waals surface area contributed by atoms with Gasteiger partial charge >= 0.3 is 5.97 Å². The molecule has 1 atom stereocenters. The van der Waals surface area contributed by atoms with E-state index in [2.05, 4.69) is 0 Å². The number of halogens is 2. The lowest BCUT2D eigenvalue weighted by molar-refractivity contribution is -0.123. The van der Waals surface area contributed by atoms with E-state index in [-0.39, 0.29) is 16.2 Å². The zero-order valence-corrected chi connectivity index (χ0v) is 19.7. The number of carbonyl (C=O) groups is 2. The van der Waals surface area contributed by atoms with Crippen molar-refractivity contribution in [1.82, 2.24) is 4.31 Å². The SMILES string of the molecule is COc1ccc(S(=O)(=O)N2CCCCCC2)cc1C(=O)OC(C)C(=O)Nc1c(F)cccc1F. The van der Waals surface area contributed by atoms with E-state index in [1.807, 2.05) is 5.32 Å². The molecule has 1 amide bonds. The van der Waals surface area contributed by atoms with Gasteiger partial charge in [-0.25, -0.2) is 22.0 Å². The molecule has 0 aliphatic carbocycles. The second-order valence-corrected chi connectivity index (χ2v) is 9.75. The number of anilines is 1. The first-order valence-corrected chi connectivity index (χ1v) is 12.2. The van der Waals surface area contributed by atoms with Gasteiger partial charge in [0, 0.05) is 13.1 Å². The number of amides is 1. The summed E-state index contributed by atoms with van der Waals surface area (Å²) in [4.78, 5) is 25.0. The first-order chi connectivity index (χ1) is 16.1. The molecule has 0 bridgehead atoms. The van der Waals surface area contributed by atoms with E-state index in [0.717, 1.165) is 49.9 Å². The summed E-state index contributed by atoms with van der Waals surface area (Å²) in [6.45, 7) is 1.99. The molecule has 0 spiro atoms. The molecule has 1 unspecified atom stereocenters. The highest BCUT2D eigenvalue weighted by molar-refractivity contribution is 7.89. The number of nitrogens with zero attached hydrogens (tertiary/aromatic N) is 1. The van der Waals surface area contributed by atoms with Gasteiger partial charge in [-0.3, -0.25) is 4.79 Å². The topological polar surface area (TPSA) is 102 Å². The van der Waals surface area contributed by atoms with Crippen LogP contribution in [0.15, 0.2) is 41.3 Å². The van der Waals surface area contributed by atoms with Crippen molar-refractivity contribution in [3.05, 3.63) is 53.6 Å². The van der Waals surface area contributed by atoms with Crippen LogP contribution in [0.5, 0.6) is 5.75 Å². The maximum atomic E-state index is 13.8. The van der Waals surface area contributed by atoms with Crippen molar-refractivity contribution in [2.24, 2.45) is 0 Å². The number of hydrogen-bond donors (Lipinski definition) is 1. The Morgan fingerprint density at radius 3 is 2.24 bits per heavy atom. The molecule has 2 aromatic rings. The van der Waals surface area contributed by atoms with Crippen LogP contribution in [0.1, 0.15) is 43.0 Å². The van der Waals surface area contributed by atoms with Crippen LogP contribution in [-0.2, 0) is 19.6 Å². The maximum Gasteiger partial charge on any atom is 0.342 e. The van der Waals surface area contributed by atoms with Crippen LogP contribution in [0.3, 0.4) is 0 Å². The molecule has 1 fully saturated rings. The molecular weight excluding hydrogens is 470 g/mol. The molecule has 0 saturated carbocycles. The van der Waals surface area contributed by atoms with Gasteiger partial charge in [-0.05, 0) is 50.1 Å². The van der Waals surface area contributed by atoms with E-state index in [0.29, 0.717) is 13.1 Å². The Kier molecular flexibility index (Phi) is 8.21. The molecule has 34 heavy (non-hydrogen) atoms. The number of sulfonamides is 1. The Morgan fingerprint density at radius 2 is 1.65 bits per heavy atom. The lowest BCUT2D eigenvalue weighted by Gasteiger charge is -2.21. The minimum absolute atomic E-state index is 0.0487. The molecule has 0 radical (unpaired) electrons. The number of benzene rings is 2. The summed E-state index contributed by atoms with van der Waals surface area (Å²) in [5.41, 5.74) is -0.867. The van der Waals surface area contributed by atoms with Crippen LogP contribution in [0.4, 0.5) is 14.5 Å². The Labute approximate surface area is 196 Å². The Morgan fingerprint density at radius 1 is 1.03 bits per heavy atom. The zero-order valence-electron chi connectivity index (χ0n) is 18.8. The molecule has 0 aromatic heterocycles. The van der Waals surface area contributed by atoms with Gasteiger partial charge < -0.3 is 14.8 Å². The molecule has 3 rings (SSSR count). The average molecular weight is 497 g/mol. The number of ether oxygens (including phenoxy) is 2. The van der Waals surface area contributed by atoms with Gasteiger partial charge in [0.2, 0.25) is 10.0 Å². The molecule has 1 aliphatic heterocycles. The fourth-order valence-electron chi connectivity index (χ4n) is 3.56. The van der Waals surface area contributed by atoms with Crippen LogP contribution in [-0.4, -0.2) is 50.9 Å². The molecule has 1 saturated heterocycles. The Balaban J connectivity index is 1.80. The molecule has 11 heteroatoms. The smallest absolute Gasteiger partial charge is 0.342 e. The minimum atomic E-state index is -3.85. The van der Waals surface area contributed by atoms with Gasteiger partial charge in [0.25, 0.3) is 5.91 Å². The minimum Gasteiger partial charge on any atom is -0.496 e. The largest absolute Gasteiger partial charge is 0.496 e. The number of hydrogen-bond acceptors (Lipinski definition) is 6. The normalized spacial score (nSPS) is 15.8. The zero-order chi connectivity index (χ0) is 24.9. The number of carbonyl (C=O) groups excluding carboxylic acids is 2. The monoisotopic (exact) mass is 496 g/mol. The summed E-state index contributed by atoms with van der Waals surface area (Å²) >= 11 is 0. The second kappa shape index (κ2) is 10.9. The third-order valence-corrected chi connectivity index (χ3v) is 7.35. The third kappa shape index (κ3) is 5.71. The van der Waals surface area contributed by atoms with Crippen molar-refractivity contribution in [3.8, 4) is 5.75 Å². The van der Waals surface area contributed by atoms with Gasteiger partial charge in [-0.2, -0.15) is 4.31 Å². The van der Waals surface area contributed by atoms with Gasteiger partial charge in [-0.1, -0.05) is 18.9 Å². The van der Waals surface area contributed by atoms with Crippen LogP contribution >= 0.6 is 0 Å². The molecule has 184 valence electrons. The lowest BCUT2D eigenvalue weighted by Crippen LogP contribution is -2.32. The molecule has 1 N–H and O–H groups in total. The summed E-state index contributed by atoms with van der Waals surface area (Å²) in [6.07, 6.45) is 1.95. The number of nitrogens with one attached hydrogen (secondary N) is 1. The highest BCUT2D eigenvalue weighted by Gasteiger charge is 2.29. The van der Waals surface area contributed by atoms with Gasteiger partial charge in [0.15, 0.2) is 6.10 Å². The van der Waals surface area contributed by atoms with Crippen molar-refractivity contribution < 1.29 is 36.3 Å². The predicted molar refractivity (Wildman–Crippen MR) is 120 cm³/mol. The van der Waals surface area contributed by atoms with E-state index in [9.17, 15) is 26.8 Å². The number of rotatable bonds is 7. The lowest BCUT2D eigenvalue weighted by atomic mass is 10.2.